The van der Waals surface area contributed by atoms with E-state index in [1.165, 1.54) is 35.3 Å². The number of aryl methyl sites for hydroxylation is 2. The van der Waals surface area contributed by atoms with Gasteiger partial charge in [-0.25, -0.2) is 9.48 Å². The average Bonchev–Trinajstić information content (AvgIpc) is 3.47. The Bertz CT molecular complexity index is 1640. The Hall–Kier alpha value is -3.70. The summed E-state index contributed by atoms with van der Waals surface area (Å²) in [5.74, 6) is -2.74. The second kappa shape index (κ2) is 15.7. The van der Waals surface area contributed by atoms with E-state index in [0.29, 0.717) is 22.7 Å². The van der Waals surface area contributed by atoms with Gasteiger partial charge in [0.1, 0.15) is 17.5 Å². The summed E-state index contributed by atoms with van der Waals surface area (Å²) in [5, 5.41) is 28.4. The van der Waals surface area contributed by atoms with Crippen LogP contribution in [0.2, 0.25) is 0 Å². The van der Waals surface area contributed by atoms with Crippen molar-refractivity contribution in [2.75, 3.05) is 18.6 Å². The van der Waals surface area contributed by atoms with Crippen molar-refractivity contribution in [3.63, 3.8) is 0 Å². The minimum absolute atomic E-state index is 0. The molecule has 0 spiro atoms. The van der Waals surface area contributed by atoms with Crippen molar-refractivity contribution in [2.45, 2.75) is 35.5 Å². The zero-order chi connectivity index (χ0) is 32.1. The molecule has 5 rings (SSSR count). The van der Waals surface area contributed by atoms with E-state index in [9.17, 15) is 29.1 Å². The number of benzene rings is 2. The van der Waals surface area contributed by atoms with E-state index in [0.717, 1.165) is 15.4 Å². The van der Waals surface area contributed by atoms with Gasteiger partial charge in [0.2, 0.25) is 17.0 Å². The summed E-state index contributed by atoms with van der Waals surface area (Å²) in [6, 6.07) is 14.7. The third-order valence-electron chi connectivity index (χ3n) is 7.31. The molecule has 14 nitrogen and oxygen atoms in total. The Kier molecular flexibility index (Phi) is 12.0. The molecule has 2 N–H and O–H groups in total. The molecule has 0 radical (unpaired) electrons. The van der Waals surface area contributed by atoms with Gasteiger partial charge in [0.25, 0.3) is 5.91 Å². The number of amides is 5. The number of fused-ring (bicyclic) bond motifs is 1. The Morgan fingerprint density at radius 1 is 1.11 bits per heavy atom. The minimum atomic E-state index is -1.50. The number of carbonyl (C=O) groups excluding carboxylic acids is 5. The number of carboxylic acids is 1. The van der Waals surface area contributed by atoms with E-state index in [2.05, 4.69) is 26.2 Å². The number of thioether (sulfide) groups is 2. The fourth-order valence-corrected chi connectivity index (χ4v) is 7.19. The first-order valence-electron chi connectivity index (χ1n) is 13.8. The summed E-state index contributed by atoms with van der Waals surface area (Å²) in [4.78, 5) is 66.9. The average molecular weight is 673 g/mol. The molecular formula is C29H29N8NaO6S2. The number of nitrogens with zero attached hydrogens (tertiary/aromatic N) is 6. The topological polar surface area (TPSA) is 183 Å². The van der Waals surface area contributed by atoms with Crippen LogP contribution in [0.5, 0.6) is 0 Å². The molecule has 2 aliphatic heterocycles. The summed E-state index contributed by atoms with van der Waals surface area (Å²) in [6.07, 6.45) is 0.533. The number of nitrogens with one attached hydrogen (secondary N) is 2. The van der Waals surface area contributed by atoms with Crippen LogP contribution in [0.3, 0.4) is 0 Å². The second-order valence-corrected chi connectivity index (χ2v) is 12.3. The Balaban J connectivity index is 0.00000480. The number of tetrazole rings is 1. The largest absolute Gasteiger partial charge is 1.00 e. The van der Waals surface area contributed by atoms with Crippen LogP contribution in [0.15, 0.2) is 77.1 Å². The van der Waals surface area contributed by atoms with Gasteiger partial charge in [0.05, 0.1) is 11.7 Å². The number of β-lactam (4-membered cyclic amide) rings is 1. The standard InChI is InChI=1S/C29H30N8O6S2.Na/c1-35(20(38)14-13-17-9-5-3-6-10-17)28(43)31-21(18-11-7-4-8-12-18)24(39)30-22-25(40)37-23(27(41)42)19(15-44-26(22)37)16-45-29-32-33-34-36(29)2;/h3-12,21-22,26H,13-16H2,1-2H3,(H,30,39)(H,31,43)(H,41,42);/q;+1/p-1/t21?,22?,26-;/m0./s1. The van der Waals surface area contributed by atoms with Crippen molar-refractivity contribution in [1.29, 1.82) is 0 Å². The summed E-state index contributed by atoms with van der Waals surface area (Å²) < 4.78 is 1.45. The molecule has 234 valence electrons. The van der Waals surface area contributed by atoms with Crippen molar-refractivity contribution in [3.8, 4) is 0 Å². The molecule has 1 aromatic heterocycles. The quantitative estimate of drug-likeness (QED) is 0.122. The summed E-state index contributed by atoms with van der Waals surface area (Å²) in [7, 11) is 2.99. The third kappa shape index (κ3) is 7.81. The van der Waals surface area contributed by atoms with Gasteiger partial charge in [0, 0.05) is 32.0 Å². The zero-order valence-electron chi connectivity index (χ0n) is 25.3. The maximum absolute atomic E-state index is 13.6. The number of hydrogen-bond donors (Lipinski definition) is 2. The van der Waals surface area contributed by atoms with E-state index in [1.807, 2.05) is 30.3 Å². The van der Waals surface area contributed by atoms with Crippen molar-refractivity contribution in [1.82, 2.24) is 40.6 Å². The van der Waals surface area contributed by atoms with Crippen LogP contribution in [0.25, 0.3) is 0 Å². The maximum Gasteiger partial charge on any atom is 1.00 e. The molecule has 3 aromatic rings. The molecule has 2 aromatic carbocycles. The van der Waals surface area contributed by atoms with Gasteiger partial charge in [-0.1, -0.05) is 72.4 Å². The van der Waals surface area contributed by atoms with Crippen LogP contribution in [0.1, 0.15) is 23.6 Å². The Labute approximate surface area is 295 Å². The number of imide groups is 1. The molecule has 0 aliphatic carbocycles. The van der Waals surface area contributed by atoms with E-state index in [4.69, 9.17) is 0 Å². The molecule has 5 amide bonds. The van der Waals surface area contributed by atoms with Crippen LogP contribution >= 0.6 is 23.5 Å². The molecular weight excluding hydrogens is 643 g/mol. The van der Waals surface area contributed by atoms with E-state index in [-0.39, 0.29) is 53.2 Å². The van der Waals surface area contributed by atoms with Gasteiger partial charge in [-0.15, -0.1) is 16.9 Å². The first kappa shape index (κ1) is 35.2. The summed E-state index contributed by atoms with van der Waals surface area (Å²) in [6.45, 7) is 0. The number of carboxylic acid groups (broad SMARTS) is 1. The second-order valence-electron chi connectivity index (χ2n) is 10.2. The fraction of sp³-hybridized carbons (Fsp3) is 0.310. The first-order valence-corrected chi connectivity index (χ1v) is 15.9. The number of aliphatic carboxylic acids is 1. The Morgan fingerprint density at radius 3 is 2.41 bits per heavy atom. The molecule has 1 saturated heterocycles. The van der Waals surface area contributed by atoms with Gasteiger partial charge < -0.3 is 20.5 Å². The normalized spacial score (nSPS) is 17.6. The van der Waals surface area contributed by atoms with Crippen LogP contribution in [-0.4, -0.2) is 89.7 Å². The van der Waals surface area contributed by atoms with E-state index >= 15 is 0 Å². The van der Waals surface area contributed by atoms with Crippen LogP contribution < -0.4 is 45.3 Å². The number of urea groups is 1. The number of aromatic nitrogens is 4. The van der Waals surface area contributed by atoms with Crippen LogP contribution in [0, 0.1) is 0 Å². The van der Waals surface area contributed by atoms with Crippen molar-refractivity contribution in [3.05, 3.63) is 83.1 Å². The molecule has 3 atom stereocenters. The smallest absolute Gasteiger partial charge is 0.543 e. The molecule has 46 heavy (non-hydrogen) atoms. The van der Waals surface area contributed by atoms with Gasteiger partial charge in [-0.3, -0.25) is 24.2 Å². The Morgan fingerprint density at radius 2 is 1.78 bits per heavy atom. The molecule has 0 saturated carbocycles. The van der Waals surface area contributed by atoms with E-state index < -0.39 is 47.2 Å². The summed E-state index contributed by atoms with van der Waals surface area (Å²) in [5.41, 5.74) is 1.62. The number of carbonyl (C=O) groups is 5. The van der Waals surface area contributed by atoms with Gasteiger partial charge in [-0.05, 0) is 33.5 Å². The molecule has 2 unspecified atom stereocenters. The van der Waals surface area contributed by atoms with Crippen LogP contribution in [-0.2, 0) is 32.6 Å². The predicted molar refractivity (Wildman–Crippen MR) is 162 cm³/mol. The third-order valence-corrected chi connectivity index (χ3v) is 9.74. The molecule has 17 heteroatoms. The molecule has 3 heterocycles. The SMILES string of the molecule is CN(C(=O)CCc1ccccc1)C(=O)NC(C(=O)NC1C(=O)N2C(C(=O)[O-])=C(CSc3nnnn3C)CS[C@@H]12)c1ccccc1.[Na+]. The fourth-order valence-electron chi connectivity index (χ4n) is 4.86. The van der Waals surface area contributed by atoms with Crippen molar-refractivity contribution in [2.24, 2.45) is 7.05 Å². The van der Waals surface area contributed by atoms with E-state index in [1.54, 1.807) is 37.4 Å². The van der Waals surface area contributed by atoms with Crippen LogP contribution in [0.4, 0.5) is 4.79 Å². The molecule has 0 bridgehead atoms. The van der Waals surface area contributed by atoms with Gasteiger partial charge >= 0.3 is 35.6 Å². The van der Waals surface area contributed by atoms with Crippen molar-refractivity contribution < 1.29 is 58.6 Å². The number of rotatable bonds is 11. The monoisotopic (exact) mass is 672 g/mol. The predicted octanol–water partition coefficient (Wildman–Crippen LogP) is -2.75. The summed E-state index contributed by atoms with van der Waals surface area (Å²) >= 11 is 2.52. The van der Waals surface area contributed by atoms with Gasteiger partial charge in [-0.2, -0.15) is 0 Å². The first-order chi connectivity index (χ1) is 21.7. The van der Waals surface area contributed by atoms with Gasteiger partial charge in [0.15, 0.2) is 0 Å². The number of hydrogen-bond acceptors (Lipinski definition) is 11. The molecule has 2 aliphatic rings. The molecule has 1 fully saturated rings. The minimum Gasteiger partial charge on any atom is -0.543 e. The van der Waals surface area contributed by atoms with Crippen molar-refractivity contribution >= 4 is 53.2 Å². The zero-order valence-corrected chi connectivity index (χ0v) is 28.9. The maximum atomic E-state index is 13.6.